The molecule has 0 spiro atoms. The van der Waals surface area contributed by atoms with Crippen LogP contribution >= 0.6 is 27.3 Å². The maximum Gasteiger partial charge on any atom is 0.258 e. The number of thiazole rings is 1. The van der Waals surface area contributed by atoms with Crippen molar-refractivity contribution in [3.8, 4) is 5.75 Å². The Kier molecular flexibility index (Phi) is 5.42. The van der Waals surface area contributed by atoms with Gasteiger partial charge in [0.2, 0.25) is 0 Å². The maximum absolute atomic E-state index is 12.6. The van der Waals surface area contributed by atoms with E-state index in [-0.39, 0.29) is 25.1 Å². The first kappa shape index (κ1) is 18.3. The van der Waals surface area contributed by atoms with Crippen LogP contribution in [-0.2, 0) is 14.6 Å². The second-order valence-corrected chi connectivity index (χ2v) is 9.71. The molecule has 0 radical (unpaired) electrons. The summed E-state index contributed by atoms with van der Waals surface area (Å²) in [5.74, 6) is -0.554. The smallest absolute Gasteiger partial charge is 0.258 e. The number of benzene rings is 1. The highest BCUT2D eigenvalue weighted by Crippen LogP contribution is 2.31. The molecule has 7 nitrogen and oxygen atoms in total. The predicted molar refractivity (Wildman–Crippen MR) is 96.9 cm³/mol. The molecule has 2 heterocycles. The van der Waals surface area contributed by atoms with Crippen molar-refractivity contribution < 1.29 is 23.1 Å². The van der Waals surface area contributed by atoms with E-state index in [0.29, 0.717) is 26.1 Å². The summed E-state index contributed by atoms with van der Waals surface area (Å²) in [7, 11) is -3.48. The Labute approximate surface area is 157 Å². The van der Waals surface area contributed by atoms with Crippen LogP contribution in [0.5, 0.6) is 5.75 Å². The van der Waals surface area contributed by atoms with Gasteiger partial charge in [-0.15, -0.1) is 0 Å². The van der Waals surface area contributed by atoms with Gasteiger partial charge < -0.3 is 9.84 Å². The van der Waals surface area contributed by atoms with Gasteiger partial charge in [-0.1, -0.05) is 17.4 Å². The summed E-state index contributed by atoms with van der Waals surface area (Å²) < 4.78 is 30.8. The minimum atomic E-state index is -3.48. The van der Waals surface area contributed by atoms with Crippen molar-refractivity contribution in [3.05, 3.63) is 34.4 Å². The topological polar surface area (TPSA) is 106 Å². The lowest BCUT2D eigenvalue weighted by Gasteiger charge is -2.21. The van der Waals surface area contributed by atoms with Gasteiger partial charge in [0, 0.05) is 13.2 Å². The molecule has 1 saturated heterocycles. The summed E-state index contributed by atoms with van der Waals surface area (Å²) in [6, 6.07) is 4.52. The normalized spacial score (nSPS) is 15.9. The van der Waals surface area contributed by atoms with Crippen molar-refractivity contribution in [1.82, 2.24) is 4.98 Å². The van der Waals surface area contributed by atoms with Gasteiger partial charge in [-0.2, -0.15) is 0 Å². The zero-order valence-electron chi connectivity index (χ0n) is 12.9. The van der Waals surface area contributed by atoms with E-state index in [2.05, 4.69) is 26.2 Å². The van der Waals surface area contributed by atoms with Crippen LogP contribution in [0, 0.1) is 0 Å². The molecule has 3 rings (SSSR count). The van der Waals surface area contributed by atoms with Crippen molar-refractivity contribution in [1.29, 1.82) is 0 Å². The maximum atomic E-state index is 12.6. The second kappa shape index (κ2) is 7.40. The quantitative estimate of drug-likeness (QED) is 0.747. The molecule has 0 bridgehead atoms. The molecule has 0 aliphatic carbocycles. The molecule has 1 aromatic carbocycles. The van der Waals surface area contributed by atoms with Crippen molar-refractivity contribution in [2.45, 2.75) is 22.3 Å². The number of carbonyl (C=O) groups excluding carboxylic acids is 1. The van der Waals surface area contributed by atoms with Crippen LogP contribution in [-0.4, -0.2) is 42.9 Å². The summed E-state index contributed by atoms with van der Waals surface area (Å²) in [6.07, 6.45) is 2.18. The number of hydrogen-bond donors (Lipinski definition) is 2. The Morgan fingerprint density at radius 1 is 1.36 bits per heavy atom. The number of carbonyl (C=O) groups is 1. The highest BCUT2D eigenvalue weighted by Gasteiger charge is 2.31. The van der Waals surface area contributed by atoms with E-state index < -0.39 is 21.0 Å². The standard InChI is InChI=1S/C15H15BrN2O5S2/c16-13-10(2-1-3-11(13)19)14(20)18-15-17-8-12(24-15)25(21,22)9-4-6-23-7-5-9/h1-3,8-9,19H,4-7H2,(H,17,18,20). The van der Waals surface area contributed by atoms with Gasteiger partial charge >= 0.3 is 0 Å². The number of phenols is 1. The van der Waals surface area contributed by atoms with E-state index in [0.717, 1.165) is 11.3 Å². The Balaban J connectivity index is 1.77. The molecule has 0 atom stereocenters. The Morgan fingerprint density at radius 2 is 2.08 bits per heavy atom. The summed E-state index contributed by atoms with van der Waals surface area (Å²) in [4.78, 5) is 16.3. The minimum absolute atomic E-state index is 0.0606. The molecule has 0 saturated carbocycles. The van der Waals surface area contributed by atoms with E-state index >= 15 is 0 Å². The molecule has 0 unspecified atom stereocenters. The van der Waals surface area contributed by atoms with Crippen LogP contribution in [0.3, 0.4) is 0 Å². The van der Waals surface area contributed by atoms with Crippen LogP contribution in [0.4, 0.5) is 5.13 Å². The zero-order valence-corrected chi connectivity index (χ0v) is 16.2. The SMILES string of the molecule is O=C(Nc1ncc(S(=O)(=O)C2CCOCC2)s1)c1cccc(O)c1Br. The lowest BCUT2D eigenvalue weighted by Crippen LogP contribution is -2.28. The van der Waals surface area contributed by atoms with E-state index in [1.165, 1.54) is 24.4 Å². The number of amides is 1. The van der Waals surface area contributed by atoms with Crippen LogP contribution in [0.2, 0.25) is 0 Å². The third-order valence-corrected chi connectivity index (χ3v) is 8.32. The average molecular weight is 447 g/mol. The number of anilines is 1. The fourth-order valence-electron chi connectivity index (χ4n) is 2.46. The van der Waals surface area contributed by atoms with Crippen molar-refractivity contribution >= 4 is 48.1 Å². The minimum Gasteiger partial charge on any atom is -0.507 e. The number of nitrogens with zero attached hydrogens (tertiary/aromatic N) is 1. The third kappa shape index (κ3) is 3.86. The molecule has 1 fully saturated rings. The van der Waals surface area contributed by atoms with E-state index in [1.54, 1.807) is 0 Å². The largest absolute Gasteiger partial charge is 0.507 e. The lowest BCUT2D eigenvalue weighted by molar-refractivity contribution is 0.0984. The predicted octanol–water partition coefficient (Wildman–Crippen LogP) is 2.82. The molecule has 10 heteroatoms. The fourth-order valence-corrected chi connectivity index (χ4v) is 5.90. The van der Waals surface area contributed by atoms with Gasteiger partial charge in [0.15, 0.2) is 15.0 Å². The number of rotatable bonds is 4. The third-order valence-electron chi connectivity index (χ3n) is 3.82. The molecule has 25 heavy (non-hydrogen) atoms. The van der Waals surface area contributed by atoms with Gasteiger partial charge in [-0.25, -0.2) is 13.4 Å². The van der Waals surface area contributed by atoms with Crippen LogP contribution in [0.15, 0.2) is 33.1 Å². The molecule has 1 aliphatic rings. The van der Waals surface area contributed by atoms with Gasteiger partial charge in [0.05, 0.1) is 21.5 Å². The number of aromatic hydroxyl groups is 1. The average Bonchev–Trinajstić information content (AvgIpc) is 3.07. The molecule has 1 aliphatic heterocycles. The molecule has 1 aromatic heterocycles. The number of ether oxygens (including phenoxy) is 1. The molecule has 134 valence electrons. The van der Waals surface area contributed by atoms with Crippen LogP contribution in [0.1, 0.15) is 23.2 Å². The van der Waals surface area contributed by atoms with Crippen molar-refractivity contribution in [2.24, 2.45) is 0 Å². The molecule has 2 aromatic rings. The lowest BCUT2D eigenvalue weighted by atomic mass is 10.2. The first-order valence-electron chi connectivity index (χ1n) is 7.46. The summed E-state index contributed by atoms with van der Waals surface area (Å²) in [5, 5.41) is 11.9. The molecule has 2 N–H and O–H groups in total. The summed E-state index contributed by atoms with van der Waals surface area (Å²) in [5.41, 5.74) is 0.226. The number of sulfone groups is 1. The Bertz CT molecular complexity index is 891. The van der Waals surface area contributed by atoms with E-state index in [4.69, 9.17) is 4.74 Å². The Hall–Kier alpha value is -1.49. The number of nitrogens with one attached hydrogen (secondary N) is 1. The number of halogens is 1. The van der Waals surface area contributed by atoms with Gasteiger partial charge in [0.1, 0.15) is 9.96 Å². The fraction of sp³-hybridized carbons (Fsp3) is 0.333. The van der Waals surface area contributed by atoms with Crippen LogP contribution in [0.25, 0.3) is 0 Å². The van der Waals surface area contributed by atoms with Crippen molar-refractivity contribution in [2.75, 3.05) is 18.5 Å². The zero-order chi connectivity index (χ0) is 18.0. The molecular formula is C15H15BrN2O5S2. The highest BCUT2D eigenvalue weighted by atomic mass is 79.9. The van der Waals surface area contributed by atoms with E-state index in [9.17, 15) is 18.3 Å². The number of hydrogen-bond acceptors (Lipinski definition) is 7. The highest BCUT2D eigenvalue weighted by molar-refractivity contribution is 9.10. The van der Waals surface area contributed by atoms with Crippen LogP contribution < -0.4 is 5.32 Å². The number of aromatic nitrogens is 1. The molecule has 1 amide bonds. The number of phenolic OH excluding ortho intramolecular Hbond substituents is 1. The van der Waals surface area contributed by atoms with Gasteiger partial charge in [-0.3, -0.25) is 10.1 Å². The van der Waals surface area contributed by atoms with E-state index in [1.807, 2.05) is 0 Å². The Morgan fingerprint density at radius 3 is 2.80 bits per heavy atom. The first-order chi connectivity index (χ1) is 11.9. The molecular weight excluding hydrogens is 432 g/mol. The monoisotopic (exact) mass is 446 g/mol. The summed E-state index contributed by atoms with van der Waals surface area (Å²) in [6.45, 7) is 0.857. The first-order valence-corrected chi connectivity index (χ1v) is 10.6. The van der Waals surface area contributed by atoms with Crippen molar-refractivity contribution in [3.63, 3.8) is 0 Å². The van der Waals surface area contributed by atoms with Gasteiger partial charge in [-0.05, 0) is 40.9 Å². The second-order valence-electron chi connectivity index (χ2n) is 5.43. The van der Waals surface area contributed by atoms with Gasteiger partial charge in [0.25, 0.3) is 5.91 Å². The summed E-state index contributed by atoms with van der Waals surface area (Å²) >= 11 is 4.06.